The highest BCUT2D eigenvalue weighted by atomic mass is 31.2. The molecule has 302 valence electrons. The second kappa shape index (κ2) is 35.9. The molecule has 4 N–H and O–H groups in total. The number of hydrogen-bond acceptors (Lipinski definition) is 8. The molecule has 0 heterocycles. The number of aliphatic hydroxyl groups is 2. The Labute approximate surface area is 315 Å². The molecule has 0 aromatic carbocycles. The molecule has 0 aliphatic heterocycles. The maximum atomic E-state index is 12.4. The molecule has 0 aliphatic carbocycles. The lowest BCUT2D eigenvalue weighted by molar-refractivity contribution is -0.161. The van der Waals surface area contributed by atoms with Crippen molar-refractivity contribution in [3.63, 3.8) is 0 Å². The zero-order valence-corrected chi connectivity index (χ0v) is 33.3. The number of ether oxygens (including phenoxy) is 2. The molecule has 0 amide bonds. The Morgan fingerprint density at radius 3 is 1.73 bits per heavy atom. The van der Waals surface area contributed by atoms with Crippen LogP contribution in [-0.2, 0) is 28.2 Å². The Balaban J connectivity index is 4.16. The van der Waals surface area contributed by atoms with Gasteiger partial charge >= 0.3 is 19.8 Å². The second-order valence-electron chi connectivity index (χ2n) is 13.6. The molecule has 0 rings (SSSR count). The lowest BCUT2D eigenvalue weighted by Gasteiger charge is -2.18. The van der Waals surface area contributed by atoms with Gasteiger partial charge in [0.15, 0.2) is 6.10 Å². The minimum absolute atomic E-state index is 0.107. The topological polar surface area (TPSA) is 160 Å². The summed E-state index contributed by atoms with van der Waals surface area (Å²) in [5, 5.41) is 20.3. The first-order valence-electron chi connectivity index (χ1n) is 20.1. The third kappa shape index (κ3) is 36.3. The van der Waals surface area contributed by atoms with Gasteiger partial charge in [-0.05, 0) is 70.6 Å². The van der Waals surface area contributed by atoms with Crippen LogP contribution in [0.1, 0.15) is 168 Å². The highest BCUT2D eigenvalue weighted by Crippen LogP contribution is 2.36. The maximum Gasteiger partial charge on any atom is 0.469 e. The molecule has 0 aliphatic rings. The van der Waals surface area contributed by atoms with E-state index in [1.807, 2.05) is 18.2 Å². The summed E-state index contributed by atoms with van der Waals surface area (Å²) in [6.07, 6.45) is 35.8. The lowest BCUT2D eigenvalue weighted by atomic mass is 10.0. The van der Waals surface area contributed by atoms with Crippen molar-refractivity contribution in [1.82, 2.24) is 0 Å². The predicted octanol–water partition coefficient (Wildman–Crippen LogP) is 9.90. The maximum absolute atomic E-state index is 12.4. The smallest absolute Gasteiger partial charge is 0.462 e. The Hall–Kier alpha value is -2.07. The van der Waals surface area contributed by atoms with Crippen LogP contribution in [0.15, 0.2) is 48.6 Å². The Morgan fingerprint density at radius 1 is 0.577 bits per heavy atom. The molecule has 0 spiro atoms. The lowest BCUT2D eigenvalue weighted by Crippen LogP contribution is -2.29. The Bertz CT molecular complexity index is 1020. The number of carbonyl (C=O) groups excluding carboxylic acids is 2. The Kier molecular flexibility index (Phi) is 34.5. The normalized spacial score (nSPS) is 14.2. The van der Waals surface area contributed by atoms with E-state index < -0.39 is 44.7 Å². The van der Waals surface area contributed by atoms with Crippen molar-refractivity contribution >= 4 is 19.8 Å². The molecule has 0 aromatic rings. The van der Waals surface area contributed by atoms with Gasteiger partial charge in [-0.25, -0.2) is 4.57 Å². The van der Waals surface area contributed by atoms with Gasteiger partial charge < -0.3 is 29.5 Å². The molecule has 0 fully saturated rings. The van der Waals surface area contributed by atoms with Gasteiger partial charge in [0.1, 0.15) is 6.61 Å². The number of allylic oxidation sites excluding steroid dienone is 7. The number of esters is 2. The van der Waals surface area contributed by atoms with Crippen LogP contribution >= 0.6 is 7.82 Å². The van der Waals surface area contributed by atoms with E-state index >= 15 is 0 Å². The van der Waals surface area contributed by atoms with Gasteiger partial charge in [0, 0.05) is 12.8 Å². The van der Waals surface area contributed by atoms with Crippen LogP contribution in [0.5, 0.6) is 0 Å². The fourth-order valence-electron chi connectivity index (χ4n) is 5.35. The number of phosphoric ester groups is 1. The van der Waals surface area contributed by atoms with E-state index in [4.69, 9.17) is 19.3 Å². The van der Waals surface area contributed by atoms with Crippen molar-refractivity contribution < 1.29 is 48.2 Å². The third-order valence-corrected chi connectivity index (χ3v) is 9.01. The summed E-state index contributed by atoms with van der Waals surface area (Å²) >= 11 is 0. The SMILES string of the molecule is CCCCC/C=C\C[C@@H](O)[C@H](O)CCCCCCCC(=O)OC[C@H](COP(=O)(O)O)OC(=O)CCC/C=C\C/C=C\C/C=C\CCCCCCCC. The van der Waals surface area contributed by atoms with Gasteiger partial charge in [0.05, 0.1) is 18.8 Å². The van der Waals surface area contributed by atoms with E-state index in [0.29, 0.717) is 32.1 Å². The number of carbonyl (C=O) groups is 2. The summed E-state index contributed by atoms with van der Waals surface area (Å²) in [5.74, 6) is -1.06. The van der Waals surface area contributed by atoms with Crippen molar-refractivity contribution in [3.8, 4) is 0 Å². The van der Waals surface area contributed by atoms with Crippen LogP contribution in [0.2, 0.25) is 0 Å². The van der Waals surface area contributed by atoms with Crippen molar-refractivity contribution in [2.45, 2.75) is 186 Å². The second-order valence-corrected chi connectivity index (χ2v) is 14.8. The summed E-state index contributed by atoms with van der Waals surface area (Å²) < 4.78 is 26.2. The summed E-state index contributed by atoms with van der Waals surface area (Å²) in [7, 11) is -4.80. The van der Waals surface area contributed by atoms with E-state index in [1.165, 1.54) is 51.4 Å². The number of aliphatic hydroxyl groups excluding tert-OH is 2. The number of phosphoric acid groups is 1. The Morgan fingerprint density at radius 2 is 1.08 bits per heavy atom. The molecular weight excluding hydrogens is 683 g/mol. The van der Waals surface area contributed by atoms with Gasteiger partial charge in [0.25, 0.3) is 0 Å². The molecule has 3 atom stereocenters. The van der Waals surface area contributed by atoms with Gasteiger partial charge in [-0.3, -0.25) is 14.1 Å². The first kappa shape index (κ1) is 49.9. The quantitative estimate of drug-likeness (QED) is 0.0210. The molecule has 0 saturated heterocycles. The van der Waals surface area contributed by atoms with Crippen molar-refractivity contribution in [3.05, 3.63) is 48.6 Å². The standard InChI is InChI=1S/C41H73O10P/c1-3-5-7-9-11-12-13-14-15-16-17-18-19-20-21-25-30-34-41(45)51-37(36-50-52(46,47)48)35-49-40(44)33-29-26-22-24-28-32-39(43)38(42)31-27-23-10-8-6-4-2/h14-15,17-18,20-21,23,27,37-39,42-43H,3-13,16,19,22,24-26,28-36H2,1-2H3,(H2,46,47,48)/b15-14-,18-17-,21-20-,27-23-/t37-,38-,39-/m1/s1. The van der Waals surface area contributed by atoms with Crippen molar-refractivity contribution in [2.75, 3.05) is 13.2 Å². The molecular formula is C41H73O10P. The van der Waals surface area contributed by atoms with Crippen LogP contribution in [-0.4, -0.2) is 63.5 Å². The summed E-state index contributed by atoms with van der Waals surface area (Å²) in [6.45, 7) is 3.44. The predicted molar refractivity (Wildman–Crippen MR) is 210 cm³/mol. The summed E-state index contributed by atoms with van der Waals surface area (Å²) in [5.41, 5.74) is 0. The first-order valence-corrected chi connectivity index (χ1v) is 21.6. The molecule has 0 radical (unpaired) electrons. The van der Waals surface area contributed by atoms with Crippen LogP contribution < -0.4 is 0 Å². The monoisotopic (exact) mass is 756 g/mol. The zero-order valence-electron chi connectivity index (χ0n) is 32.4. The molecule has 0 saturated carbocycles. The summed E-state index contributed by atoms with van der Waals surface area (Å²) in [4.78, 5) is 42.8. The van der Waals surface area contributed by atoms with Crippen molar-refractivity contribution in [2.24, 2.45) is 0 Å². The number of unbranched alkanes of at least 4 members (excludes halogenated alkanes) is 14. The van der Waals surface area contributed by atoms with Crippen LogP contribution in [0.25, 0.3) is 0 Å². The average Bonchev–Trinajstić information content (AvgIpc) is 3.11. The molecule has 0 unspecified atom stereocenters. The van der Waals surface area contributed by atoms with Gasteiger partial charge in [0.2, 0.25) is 0 Å². The van der Waals surface area contributed by atoms with E-state index in [-0.39, 0.29) is 19.4 Å². The van der Waals surface area contributed by atoms with Gasteiger partial charge in [-0.2, -0.15) is 0 Å². The molecule has 11 heteroatoms. The van der Waals surface area contributed by atoms with E-state index in [1.54, 1.807) is 0 Å². The van der Waals surface area contributed by atoms with E-state index in [9.17, 15) is 24.4 Å². The molecule has 0 aromatic heterocycles. The average molecular weight is 757 g/mol. The first-order chi connectivity index (χ1) is 25.1. The number of hydrogen-bond donors (Lipinski definition) is 4. The fraction of sp³-hybridized carbons (Fsp3) is 0.756. The van der Waals surface area contributed by atoms with Crippen molar-refractivity contribution in [1.29, 1.82) is 0 Å². The fourth-order valence-corrected chi connectivity index (χ4v) is 5.71. The van der Waals surface area contributed by atoms with E-state index in [2.05, 4.69) is 48.8 Å². The van der Waals surface area contributed by atoms with Gasteiger partial charge in [-0.15, -0.1) is 0 Å². The molecule has 10 nitrogen and oxygen atoms in total. The largest absolute Gasteiger partial charge is 0.469 e. The zero-order chi connectivity index (χ0) is 38.5. The van der Waals surface area contributed by atoms with Crippen LogP contribution in [0.3, 0.4) is 0 Å². The van der Waals surface area contributed by atoms with E-state index in [0.717, 1.165) is 57.8 Å². The summed E-state index contributed by atoms with van der Waals surface area (Å²) in [6, 6.07) is 0. The number of rotatable bonds is 36. The molecule has 52 heavy (non-hydrogen) atoms. The molecule has 0 bridgehead atoms. The third-order valence-electron chi connectivity index (χ3n) is 8.52. The van der Waals surface area contributed by atoms with Crippen LogP contribution in [0, 0.1) is 0 Å². The highest BCUT2D eigenvalue weighted by molar-refractivity contribution is 7.46. The van der Waals surface area contributed by atoms with Gasteiger partial charge in [-0.1, -0.05) is 133 Å². The highest BCUT2D eigenvalue weighted by Gasteiger charge is 2.23. The van der Waals surface area contributed by atoms with Crippen LogP contribution in [0.4, 0.5) is 0 Å². The minimum atomic E-state index is -4.80. The minimum Gasteiger partial charge on any atom is -0.462 e.